The van der Waals surface area contributed by atoms with Crippen LogP contribution >= 0.6 is 0 Å². The van der Waals surface area contributed by atoms with Crippen molar-refractivity contribution in [1.29, 1.82) is 0 Å². The van der Waals surface area contributed by atoms with Crippen LogP contribution in [0.1, 0.15) is 37.7 Å². The van der Waals surface area contributed by atoms with E-state index in [4.69, 9.17) is 0 Å². The number of nitrogens with one attached hydrogen (secondary N) is 1. The molecule has 0 saturated carbocycles. The normalized spacial score (nSPS) is 25.4. The van der Waals surface area contributed by atoms with Crippen molar-refractivity contribution >= 4 is 17.7 Å². The van der Waals surface area contributed by atoms with E-state index in [1.54, 1.807) is 0 Å². The summed E-state index contributed by atoms with van der Waals surface area (Å²) in [5.74, 6) is 0.410. The molecule has 3 heterocycles. The van der Waals surface area contributed by atoms with E-state index in [0.29, 0.717) is 26.1 Å². The number of amides is 3. The molecule has 150 valence electrons. The molecule has 1 N–H and O–H groups in total. The van der Waals surface area contributed by atoms with Crippen LogP contribution in [-0.2, 0) is 20.8 Å². The van der Waals surface area contributed by atoms with Crippen LogP contribution in [0.4, 0.5) is 0 Å². The summed E-state index contributed by atoms with van der Waals surface area (Å²) in [6.07, 6.45) is 4.52. The molecular formula is C22H29N3O3. The molecule has 0 aliphatic carbocycles. The molecule has 2 atom stereocenters. The fraction of sp³-hybridized carbons (Fsp3) is 0.591. The SMILES string of the molecule is O=C1NC[C@H]2[C@@H]1CCCN2C(=O)C1CCN(C(=O)CCc2ccccc2)CC1. The Hall–Kier alpha value is -2.37. The zero-order valence-electron chi connectivity index (χ0n) is 16.3. The second kappa shape index (κ2) is 8.33. The average molecular weight is 383 g/mol. The van der Waals surface area contributed by atoms with E-state index in [1.165, 1.54) is 5.56 Å². The number of hydrogen-bond donors (Lipinski definition) is 1. The molecule has 0 radical (unpaired) electrons. The second-order valence-corrected chi connectivity index (χ2v) is 8.23. The van der Waals surface area contributed by atoms with Crippen LogP contribution in [0.25, 0.3) is 0 Å². The zero-order chi connectivity index (χ0) is 19.5. The van der Waals surface area contributed by atoms with Crippen molar-refractivity contribution in [3.63, 3.8) is 0 Å². The van der Waals surface area contributed by atoms with Crippen molar-refractivity contribution in [2.24, 2.45) is 11.8 Å². The van der Waals surface area contributed by atoms with Gasteiger partial charge in [0.25, 0.3) is 0 Å². The predicted octanol–water partition coefficient (Wildman–Crippen LogP) is 1.59. The minimum atomic E-state index is -0.0302. The molecule has 3 saturated heterocycles. The van der Waals surface area contributed by atoms with Gasteiger partial charge in [-0.25, -0.2) is 0 Å². The molecule has 0 spiro atoms. The number of fused-ring (bicyclic) bond motifs is 1. The lowest BCUT2D eigenvalue weighted by molar-refractivity contribution is -0.144. The van der Waals surface area contributed by atoms with E-state index in [1.807, 2.05) is 40.1 Å². The van der Waals surface area contributed by atoms with E-state index in [0.717, 1.165) is 38.6 Å². The molecule has 6 nitrogen and oxygen atoms in total. The Kier molecular flexibility index (Phi) is 5.64. The lowest BCUT2D eigenvalue weighted by atomic mass is 9.88. The van der Waals surface area contributed by atoms with Crippen LogP contribution < -0.4 is 5.32 Å². The van der Waals surface area contributed by atoms with E-state index in [9.17, 15) is 14.4 Å². The summed E-state index contributed by atoms with van der Waals surface area (Å²) in [7, 11) is 0. The smallest absolute Gasteiger partial charge is 0.226 e. The van der Waals surface area contributed by atoms with Crippen molar-refractivity contribution in [3.8, 4) is 0 Å². The van der Waals surface area contributed by atoms with Gasteiger partial charge < -0.3 is 15.1 Å². The first kappa shape index (κ1) is 19.0. The first-order chi connectivity index (χ1) is 13.6. The highest BCUT2D eigenvalue weighted by Crippen LogP contribution is 2.30. The number of likely N-dealkylation sites (tertiary alicyclic amines) is 2. The van der Waals surface area contributed by atoms with Gasteiger partial charge in [-0.15, -0.1) is 0 Å². The quantitative estimate of drug-likeness (QED) is 0.859. The van der Waals surface area contributed by atoms with Gasteiger partial charge in [0.05, 0.1) is 12.0 Å². The summed E-state index contributed by atoms with van der Waals surface area (Å²) in [5, 5.41) is 2.91. The van der Waals surface area contributed by atoms with E-state index < -0.39 is 0 Å². The number of carbonyl (C=O) groups is 3. The van der Waals surface area contributed by atoms with Crippen LogP contribution in [0.2, 0.25) is 0 Å². The molecule has 3 aliphatic heterocycles. The van der Waals surface area contributed by atoms with Crippen molar-refractivity contribution in [2.75, 3.05) is 26.2 Å². The van der Waals surface area contributed by atoms with Crippen LogP contribution in [0, 0.1) is 11.8 Å². The minimum Gasteiger partial charge on any atom is -0.354 e. The maximum Gasteiger partial charge on any atom is 0.226 e. The number of piperidine rings is 2. The first-order valence-electron chi connectivity index (χ1n) is 10.5. The summed E-state index contributed by atoms with van der Waals surface area (Å²) in [6, 6.07) is 10.1. The maximum absolute atomic E-state index is 13.1. The molecule has 28 heavy (non-hydrogen) atoms. The molecule has 4 rings (SSSR count). The van der Waals surface area contributed by atoms with Crippen LogP contribution in [-0.4, -0.2) is 59.7 Å². The highest BCUT2D eigenvalue weighted by molar-refractivity contribution is 5.85. The van der Waals surface area contributed by atoms with Crippen molar-refractivity contribution < 1.29 is 14.4 Å². The van der Waals surface area contributed by atoms with Gasteiger partial charge in [-0.1, -0.05) is 30.3 Å². The number of nitrogens with zero attached hydrogens (tertiary/aromatic N) is 2. The molecule has 3 fully saturated rings. The predicted molar refractivity (Wildman–Crippen MR) is 105 cm³/mol. The van der Waals surface area contributed by atoms with Crippen molar-refractivity contribution in [3.05, 3.63) is 35.9 Å². The second-order valence-electron chi connectivity index (χ2n) is 8.23. The van der Waals surface area contributed by atoms with E-state index >= 15 is 0 Å². The number of hydrogen-bond acceptors (Lipinski definition) is 3. The zero-order valence-corrected chi connectivity index (χ0v) is 16.3. The first-order valence-corrected chi connectivity index (χ1v) is 10.5. The van der Waals surface area contributed by atoms with Crippen molar-refractivity contribution in [2.45, 2.75) is 44.6 Å². The van der Waals surface area contributed by atoms with Gasteiger partial charge in [0.15, 0.2) is 0 Å². The molecule has 0 unspecified atom stereocenters. The Bertz CT molecular complexity index is 728. The lowest BCUT2D eigenvalue weighted by Crippen LogP contribution is -2.52. The van der Waals surface area contributed by atoms with Gasteiger partial charge in [-0.2, -0.15) is 0 Å². The topological polar surface area (TPSA) is 69.7 Å². The molecular weight excluding hydrogens is 354 g/mol. The number of carbonyl (C=O) groups excluding carboxylic acids is 3. The van der Waals surface area contributed by atoms with Gasteiger partial charge in [0, 0.05) is 38.5 Å². The highest BCUT2D eigenvalue weighted by atomic mass is 16.2. The summed E-state index contributed by atoms with van der Waals surface area (Å²) in [4.78, 5) is 41.4. The average Bonchev–Trinajstić information content (AvgIpc) is 3.13. The van der Waals surface area contributed by atoms with Crippen LogP contribution in [0.5, 0.6) is 0 Å². The Morgan fingerprint density at radius 1 is 1.04 bits per heavy atom. The van der Waals surface area contributed by atoms with Gasteiger partial charge in [-0.05, 0) is 37.7 Å². The number of rotatable bonds is 4. The summed E-state index contributed by atoms with van der Waals surface area (Å²) < 4.78 is 0. The largest absolute Gasteiger partial charge is 0.354 e. The van der Waals surface area contributed by atoms with E-state index in [2.05, 4.69) is 5.32 Å². The third-order valence-corrected chi connectivity index (χ3v) is 6.55. The molecule has 3 amide bonds. The van der Waals surface area contributed by atoms with Gasteiger partial charge >= 0.3 is 0 Å². The molecule has 1 aromatic rings. The van der Waals surface area contributed by atoms with Crippen LogP contribution in [0.3, 0.4) is 0 Å². The maximum atomic E-state index is 13.1. The lowest BCUT2D eigenvalue weighted by Gasteiger charge is -2.40. The Morgan fingerprint density at radius 3 is 2.54 bits per heavy atom. The fourth-order valence-electron chi connectivity index (χ4n) is 4.89. The summed E-state index contributed by atoms with van der Waals surface area (Å²) >= 11 is 0. The Balaban J connectivity index is 1.27. The van der Waals surface area contributed by atoms with Gasteiger partial charge in [0.2, 0.25) is 17.7 Å². The fourth-order valence-corrected chi connectivity index (χ4v) is 4.89. The molecule has 1 aromatic carbocycles. The minimum absolute atomic E-state index is 0.0207. The Morgan fingerprint density at radius 2 is 1.79 bits per heavy atom. The Labute approximate surface area is 166 Å². The van der Waals surface area contributed by atoms with E-state index in [-0.39, 0.29) is 35.6 Å². The molecule has 3 aliphatic rings. The number of benzene rings is 1. The van der Waals surface area contributed by atoms with Crippen molar-refractivity contribution in [1.82, 2.24) is 15.1 Å². The third kappa shape index (κ3) is 3.91. The number of aryl methyl sites for hydroxylation is 1. The van der Waals surface area contributed by atoms with Gasteiger partial charge in [0.1, 0.15) is 0 Å². The summed E-state index contributed by atoms with van der Waals surface area (Å²) in [5.41, 5.74) is 1.18. The highest BCUT2D eigenvalue weighted by Gasteiger charge is 2.44. The molecule has 6 heteroatoms. The molecule has 0 bridgehead atoms. The summed E-state index contributed by atoms with van der Waals surface area (Å²) in [6.45, 7) is 2.66. The standard InChI is InChI=1S/C22H29N3O3/c26-20(9-8-16-5-2-1-3-6-16)24-13-10-17(11-14-24)22(28)25-12-4-7-18-19(25)15-23-21(18)27/h1-3,5-6,17-19H,4,7-15H2,(H,23,27)/t18-,19-/m0/s1. The third-order valence-electron chi connectivity index (χ3n) is 6.55. The monoisotopic (exact) mass is 383 g/mol. The molecule has 0 aromatic heterocycles. The van der Waals surface area contributed by atoms with Crippen LogP contribution in [0.15, 0.2) is 30.3 Å². The van der Waals surface area contributed by atoms with Gasteiger partial charge in [-0.3, -0.25) is 14.4 Å².